The number of carbonyl (C=O) groups excluding carboxylic acids is 1. The van der Waals surface area contributed by atoms with E-state index in [1.807, 2.05) is 49.1 Å². The second kappa shape index (κ2) is 9.84. The molecule has 3 heterocycles. The molecule has 1 aliphatic heterocycles. The fourth-order valence-corrected chi connectivity index (χ4v) is 7.44. The maximum atomic E-state index is 14.1. The molecule has 0 spiro atoms. The van der Waals surface area contributed by atoms with Crippen LogP contribution in [0.3, 0.4) is 0 Å². The number of ether oxygens (including phenoxy) is 1. The molecule has 2 aromatic heterocycles. The third kappa shape index (κ3) is 4.61. The van der Waals surface area contributed by atoms with Gasteiger partial charge in [0.25, 0.3) is 5.91 Å². The Kier molecular flexibility index (Phi) is 6.76. The van der Waals surface area contributed by atoms with E-state index in [2.05, 4.69) is 0 Å². The molecule has 5 rings (SSSR count). The largest absolute Gasteiger partial charge is 0.497 e. The molecule has 1 atom stereocenters. The van der Waals surface area contributed by atoms with Gasteiger partial charge < -0.3 is 9.64 Å². The van der Waals surface area contributed by atoms with Gasteiger partial charge in [-0.1, -0.05) is 31.4 Å². The van der Waals surface area contributed by atoms with E-state index in [0.29, 0.717) is 46.7 Å². The van der Waals surface area contributed by atoms with Gasteiger partial charge in [-0.25, -0.2) is 18.1 Å². The van der Waals surface area contributed by atoms with E-state index in [-0.39, 0.29) is 29.5 Å². The van der Waals surface area contributed by atoms with E-state index in [1.54, 1.807) is 11.8 Å². The van der Waals surface area contributed by atoms with Crippen molar-refractivity contribution in [3.63, 3.8) is 0 Å². The standard InChI is InChI=1S/C27H34N4O4S/c1-4-30(20-10-6-5-7-11-20)27(32)23-16-24(19-9-8-12-22(15-19)35-3)28-26-25(23)18(2)29-31(26)21-13-14-36(33,34)17-21/h8-9,12,15-16,20-21H,4-7,10-11,13-14,17H2,1-3H3. The summed E-state index contributed by atoms with van der Waals surface area (Å²) in [4.78, 5) is 21.1. The van der Waals surface area contributed by atoms with Crippen LogP contribution in [0.5, 0.6) is 5.75 Å². The van der Waals surface area contributed by atoms with Crippen LogP contribution in [0, 0.1) is 6.92 Å². The second-order valence-corrected chi connectivity index (χ2v) is 12.2. The highest BCUT2D eigenvalue weighted by molar-refractivity contribution is 7.91. The normalized spacial score (nSPS) is 20.0. The summed E-state index contributed by atoms with van der Waals surface area (Å²) in [5, 5.41) is 5.45. The van der Waals surface area contributed by atoms with E-state index in [4.69, 9.17) is 14.8 Å². The topological polar surface area (TPSA) is 94.4 Å². The number of hydrogen-bond acceptors (Lipinski definition) is 6. The Morgan fingerprint density at radius 2 is 1.94 bits per heavy atom. The molecule has 1 aromatic carbocycles. The van der Waals surface area contributed by atoms with Crippen molar-refractivity contribution < 1.29 is 17.9 Å². The molecule has 0 N–H and O–H groups in total. The molecule has 1 aliphatic carbocycles. The molecule has 9 heteroatoms. The Morgan fingerprint density at radius 1 is 1.17 bits per heavy atom. The van der Waals surface area contributed by atoms with Gasteiger partial charge >= 0.3 is 0 Å². The van der Waals surface area contributed by atoms with E-state index in [9.17, 15) is 13.2 Å². The zero-order valence-corrected chi connectivity index (χ0v) is 22.1. The molecule has 1 unspecified atom stereocenters. The number of methoxy groups -OCH3 is 1. The van der Waals surface area contributed by atoms with Gasteiger partial charge in [0.2, 0.25) is 0 Å². The highest BCUT2D eigenvalue weighted by Crippen LogP contribution is 2.34. The molecule has 0 radical (unpaired) electrons. The van der Waals surface area contributed by atoms with Gasteiger partial charge in [0.15, 0.2) is 15.5 Å². The SMILES string of the molecule is CCN(C(=O)c1cc(-c2cccc(OC)c2)nc2c1c(C)nn2C1CCS(=O)(=O)C1)C1CCCCC1. The maximum Gasteiger partial charge on any atom is 0.254 e. The Hall–Kier alpha value is -2.94. The van der Waals surface area contributed by atoms with Gasteiger partial charge in [-0.3, -0.25) is 4.79 Å². The smallest absolute Gasteiger partial charge is 0.254 e. The first-order valence-corrected chi connectivity index (χ1v) is 14.7. The van der Waals surface area contributed by atoms with Crippen LogP contribution in [0.4, 0.5) is 0 Å². The summed E-state index contributed by atoms with van der Waals surface area (Å²) in [5.74, 6) is 0.875. The quantitative estimate of drug-likeness (QED) is 0.482. The van der Waals surface area contributed by atoms with Gasteiger partial charge in [0.05, 0.1) is 47.0 Å². The number of aryl methyl sites for hydroxylation is 1. The number of rotatable bonds is 6. The lowest BCUT2D eigenvalue weighted by Crippen LogP contribution is -2.41. The van der Waals surface area contributed by atoms with Crippen LogP contribution in [0.15, 0.2) is 30.3 Å². The van der Waals surface area contributed by atoms with Crippen LogP contribution in [-0.4, -0.2) is 65.2 Å². The van der Waals surface area contributed by atoms with E-state index in [0.717, 1.165) is 31.2 Å². The van der Waals surface area contributed by atoms with Crippen molar-refractivity contribution in [3.8, 4) is 17.0 Å². The fourth-order valence-electron chi connectivity index (χ4n) is 5.75. The second-order valence-electron chi connectivity index (χ2n) is 9.96. The number of hydrogen-bond donors (Lipinski definition) is 0. The van der Waals surface area contributed by atoms with Crippen LogP contribution in [0.25, 0.3) is 22.3 Å². The molecule has 2 aliphatic rings. The molecular weight excluding hydrogens is 476 g/mol. The van der Waals surface area contributed by atoms with Crippen LogP contribution in [-0.2, 0) is 9.84 Å². The van der Waals surface area contributed by atoms with E-state index < -0.39 is 9.84 Å². The Morgan fingerprint density at radius 3 is 2.61 bits per heavy atom. The summed E-state index contributed by atoms with van der Waals surface area (Å²) in [7, 11) is -1.49. The molecule has 0 bridgehead atoms. The number of benzene rings is 1. The number of aromatic nitrogens is 3. The number of nitrogens with zero attached hydrogens (tertiary/aromatic N) is 4. The van der Waals surface area contributed by atoms with Gasteiger partial charge in [-0.05, 0) is 51.3 Å². The third-order valence-electron chi connectivity index (χ3n) is 7.60. The number of amides is 1. The van der Waals surface area contributed by atoms with Crippen molar-refractivity contribution in [1.29, 1.82) is 0 Å². The van der Waals surface area contributed by atoms with Crippen molar-refractivity contribution in [2.75, 3.05) is 25.2 Å². The van der Waals surface area contributed by atoms with Crippen molar-refractivity contribution in [2.24, 2.45) is 0 Å². The number of carbonyl (C=O) groups is 1. The molecule has 1 amide bonds. The molecule has 8 nitrogen and oxygen atoms in total. The van der Waals surface area contributed by atoms with Gasteiger partial charge in [-0.2, -0.15) is 5.10 Å². The molecule has 2 fully saturated rings. The average Bonchev–Trinajstić information content (AvgIpc) is 3.43. The maximum absolute atomic E-state index is 14.1. The zero-order valence-electron chi connectivity index (χ0n) is 21.2. The average molecular weight is 511 g/mol. The summed E-state index contributed by atoms with van der Waals surface area (Å²) in [6.45, 7) is 4.55. The van der Waals surface area contributed by atoms with E-state index >= 15 is 0 Å². The molecule has 36 heavy (non-hydrogen) atoms. The lowest BCUT2D eigenvalue weighted by molar-refractivity contribution is 0.0650. The van der Waals surface area contributed by atoms with Crippen LogP contribution < -0.4 is 4.74 Å². The summed E-state index contributed by atoms with van der Waals surface area (Å²) >= 11 is 0. The van der Waals surface area contributed by atoms with Crippen LogP contribution in [0.2, 0.25) is 0 Å². The van der Waals surface area contributed by atoms with Gasteiger partial charge in [0.1, 0.15) is 5.75 Å². The first-order chi connectivity index (χ1) is 17.3. The number of pyridine rings is 1. The molecule has 1 saturated heterocycles. The predicted molar refractivity (Wildman–Crippen MR) is 140 cm³/mol. The molecular formula is C27H34N4O4S. The minimum atomic E-state index is -3.11. The van der Waals surface area contributed by atoms with Crippen LogP contribution in [0.1, 0.15) is 67.5 Å². The van der Waals surface area contributed by atoms with Crippen molar-refractivity contribution in [1.82, 2.24) is 19.7 Å². The molecule has 192 valence electrons. The van der Waals surface area contributed by atoms with Crippen molar-refractivity contribution in [3.05, 3.63) is 41.6 Å². The Balaban J connectivity index is 1.69. The summed E-state index contributed by atoms with van der Waals surface area (Å²) in [6, 6.07) is 9.42. The minimum absolute atomic E-state index is 0.0114. The minimum Gasteiger partial charge on any atom is -0.497 e. The number of sulfone groups is 1. The highest BCUT2D eigenvalue weighted by atomic mass is 32.2. The van der Waals surface area contributed by atoms with E-state index in [1.165, 1.54) is 6.42 Å². The fraction of sp³-hybridized carbons (Fsp3) is 0.519. The predicted octanol–water partition coefficient (Wildman–Crippen LogP) is 4.57. The van der Waals surface area contributed by atoms with Gasteiger partial charge in [0, 0.05) is 18.2 Å². The monoisotopic (exact) mass is 510 g/mol. The zero-order chi connectivity index (χ0) is 25.4. The van der Waals surface area contributed by atoms with Crippen molar-refractivity contribution in [2.45, 2.75) is 64.5 Å². The Labute approximate surface area is 212 Å². The Bertz CT molecular complexity index is 1390. The summed E-state index contributed by atoms with van der Waals surface area (Å²) in [6.07, 6.45) is 6.04. The first-order valence-electron chi connectivity index (χ1n) is 12.9. The van der Waals surface area contributed by atoms with Crippen LogP contribution >= 0.6 is 0 Å². The van der Waals surface area contributed by atoms with Gasteiger partial charge in [-0.15, -0.1) is 0 Å². The summed E-state index contributed by atoms with van der Waals surface area (Å²) < 4.78 is 31.7. The lowest BCUT2D eigenvalue weighted by atomic mass is 9.93. The van der Waals surface area contributed by atoms with Crippen molar-refractivity contribution >= 4 is 26.8 Å². The highest BCUT2D eigenvalue weighted by Gasteiger charge is 2.33. The lowest BCUT2D eigenvalue weighted by Gasteiger charge is -2.34. The molecule has 1 saturated carbocycles. The first kappa shape index (κ1) is 24.7. The number of fused-ring (bicyclic) bond motifs is 1. The molecule has 3 aromatic rings. The third-order valence-corrected chi connectivity index (χ3v) is 9.35. The summed E-state index contributed by atoms with van der Waals surface area (Å²) in [5.41, 5.74) is 3.32.